The van der Waals surface area contributed by atoms with Crippen LogP contribution < -0.4 is 0 Å². The standard InChI is InChI=1S/C12H9Br2NOS/c13-9-5-11(14)12(15-6-9)17-10-3-1-8(7-16)2-4-10/h1-6,16H,7H2. The van der Waals surface area contributed by atoms with Crippen molar-refractivity contribution >= 4 is 43.6 Å². The van der Waals surface area contributed by atoms with Crippen LogP contribution in [0, 0.1) is 0 Å². The van der Waals surface area contributed by atoms with Gasteiger partial charge in [-0.15, -0.1) is 0 Å². The Morgan fingerprint density at radius 1 is 1.18 bits per heavy atom. The van der Waals surface area contributed by atoms with Gasteiger partial charge in [0.15, 0.2) is 0 Å². The van der Waals surface area contributed by atoms with Gasteiger partial charge in [0.2, 0.25) is 0 Å². The van der Waals surface area contributed by atoms with E-state index in [2.05, 4.69) is 36.8 Å². The van der Waals surface area contributed by atoms with Gasteiger partial charge in [0.05, 0.1) is 11.1 Å². The molecule has 1 aromatic heterocycles. The van der Waals surface area contributed by atoms with Crippen LogP contribution >= 0.6 is 43.6 Å². The van der Waals surface area contributed by atoms with E-state index >= 15 is 0 Å². The molecule has 0 unspecified atom stereocenters. The summed E-state index contributed by atoms with van der Waals surface area (Å²) in [5, 5.41) is 9.88. The Kier molecular flexibility index (Phi) is 4.62. The first-order valence-corrected chi connectivity index (χ1v) is 7.28. The molecule has 2 rings (SSSR count). The Bertz CT molecular complexity index is 516. The van der Waals surface area contributed by atoms with Crippen molar-refractivity contribution in [1.29, 1.82) is 0 Å². The fraction of sp³-hybridized carbons (Fsp3) is 0.0833. The van der Waals surface area contributed by atoms with E-state index in [9.17, 15) is 0 Å². The number of aliphatic hydroxyl groups is 1. The molecule has 17 heavy (non-hydrogen) atoms. The molecule has 0 aliphatic heterocycles. The molecule has 0 bridgehead atoms. The van der Waals surface area contributed by atoms with Gasteiger partial charge in [0.1, 0.15) is 5.03 Å². The second-order valence-electron chi connectivity index (χ2n) is 3.34. The molecule has 1 heterocycles. The third kappa shape index (κ3) is 3.55. The molecular weight excluding hydrogens is 366 g/mol. The Balaban J connectivity index is 2.19. The molecule has 0 fully saturated rings. The quantitative estimate of drug-likeness (QED) is 0.871. The van der Waals surface area contributed by atoms with Gasteiger partial charge in [-0.2, -0.15) is 0 Å². The lowest BCUT2D eigenvalue weighted by Crippen LogP contribution is -1.84. The number of halogens is 2. The van der Waals surface area contributed by atoms with E-state index in [4.69, 9.17) is 5.11 Å². The van der Waals surface area contributed by atoms with Crippen molar-refractivity contribution in [3.05, 3.63) is 51.0 Å². The SMILES string of the molecule is OCc1ccc(Sc2ncc(Br)cc2Br)cc1. The molecule has 0 amide bonds. The van der Waals surface area contributed by atoms with Crippen LogP contribution in [0.15, 0.2) is 55.4 Å². The average Bonchev–Trinajstić information content (AvgIpc) is 2.34. The predicted molar refractivity (Wildman–Crippen MR) is 76.1 cm³/mol. The second kappa shape index (κ2) is 6.00. The number of hydrogen-bond acceptors (Lipinski definition) is 3. The number of aromatic nitrogens is 1. The molecule has 0 atom stereocenters. The lowest BCUT2D eigenvalue weighted by atomic mass is 10.2. The van der Waals surface area contributed by atoms with Crippen molar-refractivity contribution in [2.75, 3.05) is 0 Å². The number of pyridine rings is 1. The van der Waals surface area contributed by atoms with Gasteiger partial charge in [-0.05, 0) is 55.6 Å². The van der Waals surface area contributed by atoms with Crippen molar-refractivity contribution in [3.8, 4) is 0 Å². The summed E-state index contributed by atoms with van der Waals surface area (Å²) >= 11 is 8.43. The van der Waals surface area contributed by atoms with Gasteiger partial charge in [0, 0.05) is 15.6 Å². The minimum Gasteiger partial charge on any atom is -0.392 e. The van der Waals surface area contributed by atoms with Gasteiger partial charge < -0.3 is 5.11 Å². The fourth-order valence-electron chi connectivity index (χ4n) is 1.25. The van der Waals surface area contributed by atoms with Crippen LogP contribution in [0.1, 0.15) is 5.56 Å². The zero-order valence-electron chi connectivity index (χ0n) is 8.73. The van der Waals surface area contributed by atoms with Gasteiger partial charge >= 0.3 is 0 Å². The first kappa shape index (κ1) is 13.1. The summed E-state index contributed by atoms with van der Waals surface area (Å²) in [5.74, 6) is 0. The van der Waals surface area contributed by atoms with Crippen molar-refractivity contribution in [2.24, 2.45) is 0 Å². The van der Waals surface area contributed by atoms with Crippen molar-refractivity contribution < 1.29 is 5.11 Å². The Hall–Kier alpha value is -0.360. The first-order chi connectivity index (χ1) is 8.19. The van der Waals surface area contributed by atoms with Crippen LogP contribution in [0.3, 0.4) is 0 Å². The Labute approximate surface area is 121 Å². The topological polar surface area (TPSA) is 33.1 Å². The molecule has 0 saturated carbocycles. The summed E-state index contributed by atoms with van der Waals surface area (Å²) in [6, 6.07) is 9.75. The van der Waals surface area contributed by atoms with E-state index < -0.39 is 0 Å². The highest BCUT2D eigenvalue weighted by Gasteiger charge is 2.04. The number of benzene rings is 1. The van der Waals surface area contributed by atoms with Crippen LogP contribution in [-0.4, -0.2) is 10.1 Å². The highest BCUT2D eigenvalue weighted by molar-refractivity contribution is 9.11. The van der Waals surface area contributed by atoms with Gasteiger partial charge in [-0.1, -0.05) is 23.9 Å². The van der Waals surface area contributed by atoms with E-state index in [1.807, 2.05) is 30.3 Å². The third-order valence-corrected chi connectivity index (χ3v) is 4.42. The number of nitrogens with zero attached hydrogens (tertiary/aromatic N) is 1. The van der Waals surface area contributed by atoms with E-state index in [-0.39, 0.29) is 6.61 Å². The minimum absolute atomic E-state index is 0.0746. The molecule has 0 radical (unpaired) electrons. The largest absolute Gasteiger partial charge is 0.392 e. The van der Waals surface area contributed by atoms with Crippen LogP contribution in [0.2, 0.25) is 0 Å². The third-order valence-electron chi connectivity index (χ3n) is 2.09. The predicted octanol–water partition coefficient (Wildman–Crippen LogP) is 4.25. The minimum atomic E-state index is 0.0746. The number of hydrogen-bond donors (Lipinski definition) is 1. The van der Waals surface area contributed by atoms with E-state index in [1.54, 1.807) is 18.0 Å². The zero-order chi connectivity index (χ0) is 12.3. The molecule has 0 aliphatic rings. The highest BCUT2D eigenvalue weighted by atomic mass is 79.9. The van der Waals surface area contributed by atoms with Crippen LogP contribution in [0.25, 0.3) is 0 Å². The number of aliphatic hydroxyl groups excluding tert-OH is 1. The van der Waals surface area contributed by atoms with Crippen LogP contribution in [0.4, 0.5) is 0 Å². The van der Waals surface area contributed by atoms with Crippen molar-refractivity contribution in [2.45, 2.75) is 16.5 Å². The summed E-state index contributed by atoms with van der Waals surface area (Å²) in [7, 11) is 0. The van der Waals surface area contributed by atoms with Gasteiger partial charge in [-0.3, -0.25) is 0 Å². The lowest BCUT2D eigenvalue weighted by Gasteiger charge is -2.04. The summed E-state index contributed by atoms with van der Waals surface area (Å²) in [5.41, 5.74) is 0.914. The molecule has 0 spiro atoms. The highest BCUT2D eigenvalue weighted by Crippen LogP contribution is 2.33. The molecule has 2 nitrogen and oxygen atoms in total. The van der Waals surface area contributed by atoms with E-state index in [0.717, 1.165) is 24.4 Å². The maximum Gasteiger partial charge on any atom is 0.115 e. The molecule has 0 aliphatic carbocycles. The zero-order valence-corrected chi connectivity index (χ0v) is 12.7. The molecule has 88 valence electrons. The maximum absolute atomic E-state index is 8.96. The summed E-state index contributed by atoms with van der Waals surface area (Å²) in [6.07, 6.45) is 1.77. The molecule has 5 heteroatoms. The molecule has 0 saturated heterocycles. The van der Waals surface area contributed by atoms with E-state index in [1.165, 1.54) is 0 Å². The average molecular weight is 375 g/mol. The second-order valence-corrected chi connectivity index (χ2v) is 6.18. The molecule has 1 N–H and O–H groups in total. The van der Waals surface area contributed by atoms with Gasteiger partial charge in [0.25, 0.3) is 0 Å². The Morgan fingerprint density at radius 2 is 1.88 bits per heavy atom. The number of rotatable bonds is 3. The van der Waals surface area contributed by atoms with Crippen molar-refractivity contribution in [1.82, 2.24) is 4.98 Å². The lowest BCUT2D eigenvalue weighted by molar-refractivity contribution is 0.282. The normalized spacial score (nSPS) is 10.5. The van der Waals surface area contributed by atoms with Gasteiger partial charge in [-0.25, -0.2) is 4.98 Å². The van der Waals surface area contributed by atoms with Crippen LogP contribution in [0.5, 0.6) is 0 Å². The Morgan fingerprint density at radius 3 is 2.47 bits per heavy atom. The monoisotopic (exact) mass is 373 g/mol. The first-order valence-electron chi connectivity index (χ1n) is 4.88. The van der Waals surface area contributed by atoms with E-state index in [0.29, 0.717) is 0 Å². The maximum atomic E-state index is 8.96. The molecular formula is C12H9Br2NOS. The van der Waals surface area contributed by atoms with Crippen LogP contribution in [-0.2, 0) is 6.61 Å². The molecule has 2 aromatic rings. The summed E-state index contributed by atoms with van der Waals surface area (Å²) in [6.45, 7) is 0.0746. The summed E-state index contributed by atoms with van der Waals surface area (Å²) in [4.78, 5) is 5.43. The fourth-order valence-corrected chi connectivity index (χ4v) is 3.24. The van der Waals surface area contributed by atoms with Crippen molar-refractivity contribution in [3.63, 3.8) is 0 Å². The smallest absolute Gasteiger partial charge is 0.115 e. The summed E-state index contributed by atoms with van der Waals surface area (Å²) < 4.78 is 1.91. The molecule has 1 aromatic carbocycles.